The number of hydrogen-bond acceptors (Lipinski definition) is 7. The molecule has 1 atom stereocenters. The Kier molecular flexibility index (Phi) is 4.26. The topological polar surface area (TPSA) is 85.5 Å². The van der Waals surface area contributed by atoms with E-state index in [1.165, 1.54) is 14.2 Å². The van der Waals surface area contributed by atoms with Crippen LogP contribution in [0.15, 0.2) is 0 Å². The first kappa shape index (κ1) is 13.7. The van der Waals surface area contributed by atoms with E-state index < -0.39 is 0 Å². The van der Waals surface area contributed by atoms with Crippen LogP contribution in [-0.4, -0.2) is 50.9 Å². The Morgan fingerprint density at radius 3 is 2.47 bits per heavy atom. The summed E-state index contributed by atoms with van der Waals surface area (Å²) in [5.74, 6) is 1.95. The van der Waals surface area contributed by atoms with E-state index in [1.54, 1.807) is 0 Å². The van der Waals surface area contributed by atoms with Crippen molar-refractivity contribution in [2.24, 2.45) is 5.92 Å². The van der Waals surface area contributed by atoms with Crippen molar-refractivity contribution in [3.8, 4) is 11.8 Å². The van der Waals surface area contributed by atoms with Crippen LogP contribution in [0.3, 0.4) is 0 Å². The highest BCUT2D eigenvalue weighted by Gasteiger charge is 2.25. The zero-order valence-electron chi connectivity index (χ0n) is 11.6. The third-order valence-electron chi connectivity index (χ3n) is 3.31. The van der Waals surface area contributed by atoms with Gasteiger partial charge in [-0.25, -0.2) is 0 Å². The van der Waals surface area contributed by atoms with E-state index in [0.29, 0.717) is 29.3 Å². The number of nitrogen functional groups attached to an aromatic ring is 1. The predicted molar refractivity (Wildman–Crippen MR) is 73.8 cm³/mol. The third kappa shape index (κ3) is 2.81. The van der Waals surface area contributed by atoms with E-state index in [4.69, 9.17) is 15.2 Å². The van der Waals surface area contributed by atoms with Crippen molar-refractivity contribution in [3.63, 3.8) is 0 Å². The van der Waals surface area contributed by atoms with Gasteiger partial charge >= 0.3 is 0 Å². The number of nitrogens with zero attached hydrogens (tertiary/aromatic N) is 3. The normalized spacial score (nSPS) is 18.7. The summed E-state index contributed by atoms with van der Waals surface area (Å²) in [4.78, 5) is 10.8. The molecule has 1 aliphatic rings. The van der Waals surface area contributed by atoms with Crippen LogP contribution in [-0.2, 0) is 0 Å². The molecule has 1 aromatic rings. The minimum atomic E-state index is 0.333. The maximum atomic E-state index is 5.84. The fraction of sp³-hybridized carbons (Fsp3) is 0.667. The molecule has 1 aliphatic heterocycles. The van der Waals surface area contributed by atoms with Gasteiger partial charge in [0.1, 0.15) is 0 Å². The number of rotatable bonds is 5. The first-order chi connectivity index (χ1) is 9.19. The monoisotopic (exact) mass is 267 g/mol. The number of anilines is 2. The summed E-state index contributed by atoms with van der Waals surface area (Å²) in [6, 6.07) is 0. The lowest BCUT2D eigenvalue weighted by atomic mass is 10.1. The molecule has 19 heavy (non-hydrogen) atoms. The van der Waals surface area contributed by atoms with Crippen molar-refractivity contribution in [2.75, 3.05) is 51.5 Å². The number of ether oxygens (including phenoxy) is 2. The molecule has 3 N–H and O–H groups in total. The summed E-state index contributed by atoms with van der Waals surface area (Å²) >= 11 is 0. The summed E-state index contributed by atoms with van der Waals surface area (Å²) < 4.78 is 10.3. The predicted octanol–water partition coefficient (Wildman–Crippen LogP) is 0.122. The van der Waals surface area contributed by atoms with Crippen LogP contribution in [0, 0.1) is 5.92 Å². The molecule has 0 saturated carbocycles. The average molecular weight is 267 g/mol. The fourth-order valence-electron chi connectivity index (χ4n) is 2.34. The fourth-order valence-corrected chi connectivity index (χ4v) is 2.34. The van der Waals surface area contributed by atoms with Gasteiger partial charge in [0.2, 0.25) is 17.7 Å². The molecule has 2 rings (SSSR count). The van der Waals surface area contributed by atoms with Gasteiger partial charge in [0.05, 0.1) is 14.2 Å². The molecule has 7 heteroatoms. The van der Waals surface area contributed by atoms with Gasteiger partial charge < -0.3 is 25.4 Å². The molecule has 1 aromatic heterocycles. The quantitative estimate of drug-likeness (QED) is 0.783. The molecule has 0 aliphatic carbocycles. The second-order valence-electron chi connectivity index (χ2n) is 4.61. The van der Waals surface area contributed by atoms with Gasteiger partial charge in [-0.15, -0.1) is 0 Å². The lowest BCUT2D eigenvalue weighted by Gasteiger charge is -2.18. The second kappa shape index (κ2) is 5.92. The van der Waals surface area contributed by atoms with Gasteiger partial charge in [-0.05, 0) is 25.9 Å². The first-order valence-corrected chi connectivity index (χ1v) is 6.34. The maximum Gasteiger partial charge on any atom is 0.245 e. The van der Waals surface area contributed by atoms with Crippen LogP contribution in [0.2, 0.25) is 0 Å². The Labute approximate surface area is 113 Å². The van der Waals surface area contributed by atoms with Crippen molar-refractivity contribution in [2.45, 2.75) is 6.42 Å². The van der Waals surface area contributed by atoms with E-state index in [9.17, 15) is 0 Å². The molecule has 0 radical (unpaired) electrons. The highest BCUT2D eigenvalue weighted by atomic mass is 16.5. The summed E-state index contributed by atoms with van der Waals surface area (Å²) in [5, 5.41) is 3.20. The maximum absolute atomic E-state index is 5.84. The molecule has 0 bridgehead atoms. The van der Waals surface area contributed by atoms with Crippen molar-refractivity contribution in [1.29, 1.82) is 0 Å². The van der Waals surface area contributed by atoms with Crippen LogP contribution in [0.5, 0.6) is 11.8 Å². The van der Waals surface area contributed by atoms with Gasteiger partial charge in [-0.3, -0.25) is 0 Å². The Balaban J connectivity index is 2.21. The molecule has 106 valence electrons. The Hall–Kier alpha value is -1.76. The molecule has 0 amide bonds. The minimum absolute atomic E-state index is 0.333. The number of nitrogens with two attached hydrogens (primary N) is 1. The molecule has 1 fully saturated rings. The summed E-state index contributed by atoms with van der Waals surface area (Å²) in [6.07, 6.45) is 1.12. The van der Waals surface area contributed by atoms with Crippen LogP contribution in [0.4, 0.5) is 11.6 Å². The van der Waals surface area contributed by atoms with Crippen molar-refractivity contribution >= 4 is 11.6 Å². The van der Waals surface area contributed by atoms with Gasteiger partial charge in [-0.1, -0.05) is 0 Å². The van der Waals surface area contributed by atoms with Crippen LogP contribution in [0.1, 0.15) is 6.42 Å². The zero-order chi connectivity index (χ0) is 13.8. The smallest absolute Gasteiger partial charge is 0.245 e. The largest absolute Gasteiger partial charge is 0.479 e. The SMILES string of the molecule is CNCC1CCN(c2nc(OC)c(N)c(OC)n2)C1. The Morgan fingerprint density at radius 2 is 1.95 bits per heavy atom. The molecule has 2 heterocycles. The lowest BCUT2D eigenvalue weighted by molar-refractivity contribution is 0.376. The summed E-state index contributed by atoms with van der Waals surface area (Å²) in [5.41, 5.74) is 6.18. The first-order valence-electron chi connectivity index (χ1n) is 6.34. The Bertz CT molecular complexity index is 415. The molecular weight excluding hydrogens is 246 g/mol. The number of methoxy groups -OCH3 is 2. The minimum Gasteiger partial charge on any atom is -0.479 e. The molecule has 7 nitrogen and oxygen atoms in total. The van der Waals surface area contributed by atoms with Crippen molar-refractivity contribution in [3.05, 3.63) is 0 Å². The summed E-state index contributed by atoms with van der Waals surface area (Å²) in [6.45, 7) is 2.86. The molecular formula is C12H21N5O2. The number of nitrogens with one attached hydrogen (secondary N) is 1. The van der Waals surface area contributed by atoms with E-state index >= 15 is 0 Å². The standard InChI is InChI=1S/C12H21N5O2/c1-14-6-8-4-5-17(7-8)12-15-10(18-2)9(13)11(16-12)19-3/h8,14H,4-7,13H2,1-3H3. The highest BCUT2D eigenvalue weighted by molar-refractivity contribution is 5.59. The van der Waals surface area contributed by atoms with Crippen LogP contribution in [0.25, 0.3) is 0 Å². The van der Waals surface area contributed by atoms with Gasteiger partial charge in [0.25, 0.3) is 0 Å². The van der Waals surface area contributed by atoms with Gasteiger partial charge in [0.15, 0.2) is 5.69 Å². The van der Waals surface area contributed by atoms with Crippen molar-refractivity contribution in [1.82, 2.24) is 15.3 Å². The highest BCUT2D eigenvalue weighted by Crippen LogP contribution is 2.31. The van der Waals surface area contributed by atoms with Crippen molar-refractivity contribution < 1.29 is 9.47 Å². The molecule has 0 aromatic carbocycles. The van der Waals surface area contributed by atoms with E-state index in [0.717, 1.165) is 26.1 Å². The van der Waals surface area contributed by atoms with E-state index in [1.807, 2.05) is 7.05 Å². The lowest BCUT2D eigenvalue weighted by Crippen LogP contribution is -2.26. The molecule has 0 spiro atoms. The third-order valence-corrected chi connectivity index (χ3v) is 3.31. The van der Waals surface area contributed by atoms with E-state index in [2.05, 4.69) is 20.2 Å². The van der Waals surface area contributed by atoms with E-state index in [-0.39, 0.29) is 0 Å². The average Bonchev–Trinajstić information content (AvgIpc) is 2.88. The number of aromatic nitrogens is 2. The number of hydrogen-bond donors (Lipinski definition) is 2. The molecule has 1 unspecified atom stereocenters. The molecule has 1 saturated heterocycles. The van der Waals surface area contributed by atoms with Crippen LogP contribution >= 0.6 is 0 Å². The van der Waals surface area contributed by atoms with Crippen LogP contribution < -0.4 is 25.4 Å². The zero-order valence-corrected chi connectivity index (χ0v) is 11.6. The Morgan fingerprint density at radius 1 is 1.32 bits per heavy atom. The second-order valence-corrected chi connectivity index (χ2v) is 4.61. The summed E-state index contributed by atoms with van der Waals surface area (Å²) in [7, 11) is 5.04. The van der Waals surface area contributed by atoms with Gasteiger partial charge in [0, 0.05) is 13.1 Å². The van der Waals surface area contributed by atoms with Gasteiger partial charge in [-0.2, -0.15) is 9.97 Å².